The molecule has 1 aliphatic rings. The number of nitrogens with one attached hydrogen (secondary N) is 3. The number of H-pyrrole nitrogens is 1. The summed E-state index contributed by atoms with van der Waals surface area (Å²) in [6.07, 6.45) is 7.90. The number of hydrogen-bond acceptors (Lipinski definition) is 3. The van der Waals surface area contributed by atoms with Crippen LogP contribution in [-0.2, 0) is 7.05 Å². The minimum absolute atomic E-state index is 0.0720. The van der Waals surface area contributed by atoms with Gasteiger partial charge in [-0.2, -0.15) is 5.10 Å². The minimum atomic E-state index is -0.308. The van der Waals surface area contributed by atoms with Crippen molar-refractivity contribution in [2.24, 2.45) is 7.05 Å². The molecule has 0 fully saturated rings. The Bertz CT molecular complexity index is 1090. The summed E-state index contributed by atoms with van der Waals surface area (Å²) in [6.45, 7) is 1.89. The second-order valence-corrected chi connectivity index (χ2v) is 7.24. The molecule has 1 unspecified atom stereocenters. The summed E-state index contributed by atoms with van der Waals surface area (Å²) in [5.74, 6) is -0.457. The molecule has 0 spiro atoms. The van der Waals surface area contributed by atoms with Crippen LogP contribution in [-0.4, -0.2) is 32.6 Å². The molecule has 3 N–H and O–H groups in total. The number of anilines is 1. The zero-order valence-electron chi connectivity index (χ0n) is 16.4. The predicted molar refractivity (Wildman–Crippen MR) is 112 cm³/mol. The van der Waals surface area contributed by atoms with E-state index in [1.165, 1.54) is 0 Å². The number of allylic oxidation sites excluding steroid dienone is 1. The van der Waals surface area contributed by atoms with Crippen LogP contribution in [0.3, 0.4) is 0 Å². The van der Waals surface area contributed by atoms with Crippen molar-refractivity contribution in [2.45, 2.75) is 25.8 Å². The number of nitrogens with zero attached hydrogens (tertiary/aromatic N) is 2. The summed E-state index contributed by atoms with van der Waals surface area (Å²) < 4.78 is 1.93. The summed E-state index contributed by atoms with van der Waals surface area (Å²) in [5.41, 5.74) is 3.94. The largest absolute Gasteiger partial charge is 0.349 e. The number of carbonyl (C=O) groups excluding carboxylic acids is 2. The zero-order chi connectivity index (χ0) is 20.4. The number of amides is 2. The lowest BCUT2D eigenvalue weighted by Gasteiger charge is -2.13. The normalized spacial score (nSPS) is 15.4. The van der Waals surface area contributed by atoms with E-state index >= 15 is 0 Å². The van der Waals surface area contributed by atoms with Gasteiger partial charge in [-0.15, -0.1) is 0 Å². The topological polar surface area (TPSA) is 91.8 Å². The van der Waals surface area contributed by atoms with E-state index in [1.807, 2.05) is 49.0 Å². The van der Waals surface area contributed by atoms with Crippen molar-refractivity contribution >= 4 is 17.5 Å². The van der Waals surface area contributed by atoms with Gasteiger partial charge in [0.05, 0.1) is 5.69 Å². The monoisotopic (exact) mass is 389 g/mol. The molecule has 2 heterocycles. The third kappa shape index (κ3) is 3.99. The number of aryl methyl sites for hydroxylation is 2. The van der Waals surface area contributed by atoms with Crippen LogP contribution in [0.5, 0.6) is 0 Å². The van der Waals surface area contributed by atoms with Crippen LogP contribution in [0.4, 0.5) is 5.69 Å². The molecular formula is C22H23N5O2. The van der Waals surface area contributed by atoms with Crippen molar-refractivity contribution in [3.63, 3.8) is 0 Å². The van der Waals surface area contributed by atoms with Crippen molar-refractivity contribution in [3.05, 3.63) is 71.6 Å². The molecule has 148 valence electrons. The Morgan fingerprint density at radius 2 is 2.07 bits per heavy atom. The molecule has 4 rings (SSSR count). The standard InChI is InChI=1S/C22H23N5O2/c1-14-9-10-15(21(28)23-16-6-3-4-7-16)12-17(14)24-22(29)19-13-18(25-26-19)20-8-5-11-27(20)2/h3,5-6,8-13,16H,4,7H2,1-2H3,(H,23,28)(H,24,29)(H,25,26). The number of benzene rings is 1. The highest BCUT2D eigenvalue weighted by atomic mass is 16.2. The molecule has 2 amide bonds. The molecule has 0 radical (unpaired) electrons. The van der Waals surface area contributed by atoms with Gasteiger partial charge < -0.3 is 15.2 Å². The van der Waals surface area contributed by atoms with Crippen molar-refractivity contribution in [3.8, 4) is 11.4 Å². The van der Waals surface area contributed by atoms with E-state index in [0.29, 0.717) is 22.6 Å². The van der Waals surface area contributed by atoms with E-state index in [-0.39, 0.29) is 17.9 Å². The minimum Gasteiger partial charge on any atom is -0.349 e. The number of aromatic nitrogens is 3. The lowest BCUT2D eigenvalue weighted by molar-refractivity contribution is 0.0943. The van der Waals surface area contributed by atoms with Gasteiger partial charge in [-0.3, -0.25) is 14.7 Å². The van der Waals surface area contributed by atoms with E-state index in [9.17, 15) is 9.59 Å². The molecule has 7 heteroatoms. The second-order valence-electron chi connectivity index (χ2n) is 7.24. The van der Waals surface area contributed by atoms with Gasteiger partial charge in [-0.05, 0) is 55.7 Å². The van der Waals surface area contributed by atoms with Crippen molar-refractivity contribution < 1.29 is 9.59 Å². The Morgan fingerprint density at radius 3 is 2.79 bits per heavy atom. The molecule has 29 heavy (non-hydrogen) atoms. The van der Waals surface area contributed by atoms with Gasteiger partial charge in [0.25, 0.3) is 11.8 Å². The fraction of sp³-hybridized carbons (Fsp3) is 0.227. The van der Waals surface area contributed by atoms with Gasteiger partial charge in [0.15, 0.2) is 0 Å². The lowest BCUT2D eigenvalue weighted by atomic mass is 10.1. The number of aromatic amines is 1. The summed E-state index contributed by atoms with van der Waals surface area (Å²) in [4.78, 5) is 25.2. The Hall–Kier alpha value is -3.61. The molecule has 2 aromatic heterocycles. The molecule has 1 aliphatic carbocycles. The average molecular weight is 389 g/mol. The van der Waals surface area contributed by atoms with Gasteiger partial charge in [0.1, 0.15) is 11.4 Å². The number of carbonyl (C=O) groups is 2. The summed E-state index contributed by atoms with van der Waals surface area (Å²) >= 11 is 0. The first-order chi connectivity index (χ1) is 14.0. The van der Waals surface area contributed by atoms with Crippen LogP contribution in [0, 0.1) is 6.92 Å². The highest BCUT2D eigenvalue weighted by Gasteiger charge is 2.17. The fourth-order valence-corrected chi connectivity index (χ4v) is 3.39. The van der Waals surface area contributed by atoms with Crippen LogP contribution < -0.4 is 10.6 Å². The first-order valence-electron chi connectivity index (χ1n) is 9.58. The van der Waals surface area contributed by atoms with E-state index in [4.69, 9.17) is 0 Å². The van der Waals surface area contributed by atoms with Crippen LogP contribution in [0.25, 0.3) is 11.4 Å². The second kappa shape index (κ2) is 7.79. The van der Waals surface area contributed by atoms with Gasteiger partial charge in [0.2, 0.25) is 0 Å². The first-order valence-corrected chi connectivity index (χ1v) is 9.58. The lowest BCUT2D eigenvalue weighted by Crippen LogP contribution is -2.32. The van der Waals surface area contributed by atoms with Gasteiger partial charge in [-0.25, -0.2) is 0 Å². The molecule has 0 bridgehead atoms. The van der Waals surface area contributed by atoms with E-state index in [2.05, 4.69) is 26.9 Å². The van der Waals surface area contributed by atoms with Crippen LogP contribution in [0.1, 0.15) is 39.3 Å². The molecule has 3 aromatic rings. The number of hydrogen-bond donors (Lipinski definition) is 3. The molecular weight excluding hydrogens is 366 g/mol. The Morgan fingerprint density at radius 1 is 1.21 bits per heavy atom. The molecule has 0 saturated carbocycles. The fourth-order valence-electron chi connectivity index (χ4n) is 3.39. The van der Waals surface area contributed by atoms with E-state index < -0.39 is 0 Å². The molecule has 1 aromatic carbocycles. The summed E-state index contributed by atoms with van der Waals surface area (Å²) in [7, 11) is 1.92. The van der Waals surface area contributed by atoms with E-state index in [1.54, 1.807) is 18.2 Å². The highest BCUT2D eigenvalue weighted by molar-refractivity contribution is 6.05. The van der Waals surface area contributed by atoms with Crippen molar-refractivity contribution in [1.82, 2.24) is 20.1 Å². The van der Waals surface area contributed by atoms with E-state index in [0.717, 1.165) is 24.1 Å². The summed E-state index contributed by atoms with van der Waals surface area (Å²) in [6, 6.07) is 10.9. The molecule has 1 atom stereocenters. The highest BCUT2D eigenvalue weighted by Crippen LogP contribution is 2.21. The van der Waals surface area contributed by atoms with Gasteiger partial charge in [0, 0.05) is 30.5 Å². The molecule has 7 nitrogen and oxygen atoms in total. The maximum atomic E-state index is 12.7. The maximum absolute atomic E-state index is 12.7. The predicted octanol–water partition coefficient (Wildman–Crippen LogP) is 3.42. The van der Waals surface area contributed by atoms with Crippen LogP contribution in [0.2, 0.25) is 0 Å². The number of rotatable bonds is 5. The molecule has 0 aliphatic heterocycles. The Balaban J connectivity index is 1.49. The molecule has 0 saturated heterocycles. The first kappa shape index (κ1) is 18.7. The Labute approximate surface area is 168 Å². The van der Waals surface area contributed by atoms with Gasteiger partial charge >= 0.3 is 0 Å². The van der Waals surface area contributed by atoms with Crippen molar-refractivity contribution in [1.29, 1.82) is 0 Å². The smallest absolute Gasteiger partial charge is 0.273 e. The van der Waals surface area contributed by atoms with Crippen LogP contribution in [0.15, 0.2) is 54.7 Å². The third-order valence-electron chi connectivity index (χ3n) is 5.11. The Kier molecular flexibility index (Phi) is 5.03. The van der Waals surface area contributed by atoms with Crippen molar-refractivity contribution in [2.75, 3.05) is 5.32 Å². The SMILES string of the molecule is Cc1ccc(C(=O)NC2C=CCC2)cc1NC(=O)c1cc(-c2cccn2C)n[nH]1. The summed E-state index contributed by atoms with van der Waals surface area (Å²) in [5, 5.41) is 12.9. The van der Waals surface area contributed by atoms with Gasteiger partial charge in [-0.1, -0.05) is 18.2 Å². The van der Waals surface area contributed by atoms with Crippen LogP contribution >= 0.6 is 0 Å². The zero-order valence-corrected chi connectivity index (χ0v) is 16.4. The average Bonchev–Trinajstić information content (AvgIpc) is 3.45. The quantitative estimate of drug-likeness (QED) is 0.584. The third-order valence-corrected chi connectivity index (χ3v) is 5.11. The maximum Gasteiger partial charge on any atom is 0.273 e.